The van der Waals surface area contributed by atoms with Crippen LogP contribution in [0.2, 0.25) is 0 Å². The summed E-state index contributed by atoms with van der Waals surface area (Å²) in [6, 6.07) is 9.00. The number of aryl methyl sites for hydroxylation is 1. The van der Waals surface area contributed by atoms with Gasteiger partial charge >= 0.3 is 5.97 Å². The van der Waals surface area contributed by atoms with Crippen LogP contribution < -0.4 is 5.32 Å². The summed E-state index contributed by atoms with van der Waals surface area (Å²) >= 11 is 0. The lowest BCUT2D eigenvalue weighted by atomic mass is 9.78. The number of halogens is 1. The van der Waals surface area contributed by atoms with Crippen LogP contribution in [0.4, 0.5) is 15.8 Å². The summed E-state index contributed by atoms with van der Waals surface area (Å²) in [5.41, 5.74) is 0.330. The average molecular weight is 414 g/mol. The van der Waals surface area contributed by atoms with Gasteiger partial charge in [-0.05, 0) is 43.9 Å². The van der Waals surface area contributed by atoms with Crippen LogP contribution in [-0.4, -0.2) is 23.4 Å². The van der Waals surface area contributed by atoms with Crippen molar-refractivity contribution in [2.45, 2.75) is 44.9 Å². The molecular weight excluding hydrogens is 391 g/mol. The molecule has 1 N–H and O–H groups in total. The molecule has 0 heterocycles. The van der Waals surface area contributed by atoms with E-state index in [1.807, 2.05) is 0 Å². The lowest BCUT2D eigenvalue weighted by Gasteiger charge is -2.27. The fourth-order valence-corrected chi connectivity index (χ4v) is 3.97. The maximum absolute atomic E-state index is 14.4. The standard InChI is InChI=1S/C22H23FN2O5/c1-14-9-10-18(25(28)29)20(15(14)2)24-19(26)13-30-21(27)22(11-5-6-12-22)16-7-3-4-8-17(16)23/h3-4,7-10H,5-6,11-13H2,1-2H3,(H,24,26). The van der Waals surface area contributed by atoms with Crippen LogP contribution in [-0.2, 0) is 19.7 Å². The van der Waals surface area contributed by atoms with E-state index in [1.165, 1.54) is 12.1 Å². The highest BCUT2D eigenvalue weighted by atomic mass is 19.1. The number of rotatable bonds is 6. The summed E-state index contributed by atoms with van der Waals surface area (Å²) in [5.74, 6) is -1.83. The first-order valence-electron chi connectivity index (χ1n) is 9.73. The lowest BCUT2D eigenvalue weighted by Crippen LogP contribution is -2.37. The van der Waals surface area contributed by atoms with Gasteiger partial charge in [-0.15, -0.1) is 0 Å². The Balaban J connectivity index is 1.75. The summed E-state index contributed by atoms with van der Waals surface area (Å²) in [6.45, 7) is 2.82. The first-order valence-corrected chi connectivity index (χ1v) is 9.73. The maximum Gasteiger partial charge on any atom is 0.317 e. The fourth-order valence-electron chi connectivity index (χ4n) is 3.97. The highest BCUT2D eigenvalue weighted by molar-refractivity contribution is 5.96. The molecule has 1 aliphatic rings. The van der Waals surface area contributed by atoms with Crippen molar-refractivity contribution in [1.29, 1.82) is 0 Å². The Morgan fingerprint density at radius 1 is 1.17 bits per heavy atom. The van der Waals surface area contributed by atoms with Crippen molar-refractivity contribution in [2.24, 2.45) is 0 Å². The zero-order chi connectivity index (χ0) is 21.9. The molecule has 158 valence electrons. The first kappa shape index (κ1) is 21.4. The first-order chi connectivity index (χ1) is 14.3. The Bertz CT molecular complexity index is 999. The normalized spacial score (nSPS) is 14.9. The Labute approximate surface area is 173 Å². The number of benzene rings is 2. The van der Waals surface area contributed by atoms with Crippen LogP contribution in [0.15, 0.2) is 36.4 Å². The third kappa shape index (κ3) is 4.03. The quantitative estimate of drug-likeness (QED) is 0.431. The summed E-state index contributed by atoms with van der Waals surface area (Å²) in [5, 5.41) is 13.7. The van der Waals surface area contributed by atoms with Gasteiger partial charge in [0.05, 0.1) is 10.3 Å². The molecule has 1 amide bonds. The molecule has 0 bridgehead atoms. The van der Waals surface area contributed by atoms with Crippen LogP contribution in [0.3, 0.4) is 0 Å². The second-order valence-electron chi connectivity index (χ2n) is 7.55. The maximum atomic E-state index is 14.4. The van der Waals surface area contributed by atoms with E-state index in [1.54, 1.807) is 38.1 Å². The Morgan fingerprint density at radius 2 is 1.83 bits per heavy atom. The van der Waals surface area contributed by atoms with Gasteiger partial charge < -0.3 is 10.1 Å². The third-order valence-corrected chi connectivity index (χ3v) is 5.75. The molecule has 3 rings (SSSR count). The molecule has 1 aliphatic carbocycles. The number of amides is 1. The van der Waals surface area contributed by atoms with E-state index in [-0.39, 0.29) is 16.9 Å². The number of carbonyl (C=O) groups excluding carboxylic acids is 2. The molecule has 0 unspecified atom stereocenters. The summed E-state index contributed by atoms with van der Waals surface area (Å²) in [6.07, 6.45) is 2.39. The fraction of sp³-hybridized carbons (Fsp3) is 0.364. The number of nitrogens with zero attached hydrogens (tertiary/aromatic N) is 1. The number of hydrogen-bond donors (Lipinski definition) is 1. The predicted octanol–water partition coefficient (Wildman–Crippen LogP) is 4.34. The molecule has 1 fully saturated rings. The minimum Gasteiger partial charge on any atom is -0.455 e. The van der Waals surface area contributed by atoms with Crippen LogP contribution >= 0.6 is 0 Å². The smallest absolute Gasteiger partial charge is 0.317 e. The van der Waals surface area contributed by atoms with Crippen molar-refractivity contribution in [1.82, 2.24) is 0 Å². The summed E-state index contributed by atoms with van der Waals surface area (Å²) in [4.78, 5) is 36.0. The molecule has 0 radical (unpaired) electrons. The monoisotopic (exact) mass is 414 g/mol. The predicted molar refractivity (Wildman–Crippen MR) is 109 cm³/mol. The van der Waals surface area contributed by atoms with Gasteiger partial charge in [0.1, 0.15) is 11.5 Å². The van der Waals surface area contributed by atoms with Crippen LogP contribution in [0.1, 0.15) is 42.4 Å². The van der Waals surface area contributed by atoms with Crippen molar-refractivity contribution in [3.8, 4) is 0 Å². The van der Waals surface area contributed by atoms with Crippen molar-refractivity contribution >= 4 is 23.3 Å². The molecule has 0 aliphatic heterocycles. The molecular formula is C22H23FN2O5. The van der Waals surface area contributed by atoms with E-state index in [9.17, 15) is 24.1 Å². The largest absolute Gasteiger partial charge is 0.455 e. The second kappa shape index (κ2) is 8.61. The van der Waals surface area contributed by atoms with Crippen LogP contribution in [0, 0.1) is 29.8 Å². The number of nitro benzene ring substituents is 1. The topological polar surface area (TPSA) is 98.5 Å². The zero-order valence-electron chi connectivity index (χ0n) is 16.9. The number of carbonyl (C=O) groups is 2. The molecule has 2 aromatic rings. The molecule has 0 saturated heterocycles. The molecule has 2 aromatic carbocycles. The number of esters is 1. The van der Waals surface area contributed by atoms with Gasteiger partial charge in [-0.3, -0.25) is 19.7 Å². The van der Waals surface area contributed by atoms with Gasteiger partial charge in [0.15, 0.2) is 6.61 Å². The number of nitrogens with one attached hydrogen (secondary N) is 1. The second-order valence-corrected chi connectivity index (χ2v) is 7.55. The van der Waals surface area contributed by atoms with Gasteiger partial charge in [-0.2, -0.15) is 0 Å². The molecule has 0 aromatic heterocycles. The van der Waals surface area contributed by atoms with Crippen molar-refractivity contribution in [3.05, 3.63) is 69.0 Å². The summed E-state index contributed by atoms with van der Waals surface area (Å²) < 4.78 is 19.6. The highest BCUT2D eigenvalue weighted by Gasteiger charge is 2.46. The molecule has 30 heavy (non-hydrogen) atoms. The summed E-state index contributed by atoms with van der Waals surface area (Å²) in [7, 11) is 0. The van der Waals surface area contributed by atoms with Gasteiger partial charge in [0.25, 0.3) is 11.6 Å². The molecule has 8 heteroatoms. The van der Waals surface area contributed by atoms with E-state index in [0.29, 0.717) is 18.4 Å². The number of anilines is 1. The SMILES string of the molecule is Cc1ccc([N+](=O)[O-])c(NC(=O)COC(=O)C2(c3ccccc3F)CCCC2)c1C. The number of nitro groups is 1. The van der Waals surface area contributed by atoms with E-state index in [2.05, 4.69) is 5.32 Å². The van der Waals surface area contributed by atoms with Crippen molar-refractivity contribution in [3.63, 3.8) is 0 Å². The zero-order valence-corrected chi connectivity index (χ0v) is 16.9. The minimum absolute atomic E-state index is 0.0748. The number of hydrogen-bond acceptors (Lipinski definition) is 5. The van der Waals surface area contributed by atoms with Crippen molar-refractivity contribution in [2.75, 3.05) is 11.9 Å². The Kier molecular flexibility index (Phi) is 6.14. The molecule has 1 saturated carbocycles. The Morgan fingerprint density at radius 3 is 2.47 bits per heavy atom. The molecule has 0 atom stereocenters. The van der Waals surface area contributed by atoms with E-state index >= 15 is 0 Å². The van der Waals surface area contributed by atoms with Gasteiger partial charge in [0, 0.05) is 11.6 Å². The average Bonchev–Trinajstić information content (AvgIpc) is 3.21. The Hall–Kier alpha value is -3.29. The van der Waals surface area contributed by atoms with Gasteiger partial charge in [-0.1, -0.05) is 37.1 Å². The van der Waals surface area contributed by atoms with Crippen molar-refractivity contribution < 1.29 is 23.6 Å². The lowest BCUT2D eigenvalue weighted by molar-refractivity contribution is -0.384. The minimum atomic E-state index is -1.11. The van der Waals surface area contributed by atoms with E-state index in [4.69, 9.17) is 4.74 Å². The van der Waals surface area contributed by atoms with Gasteiger partial charge in [0.2, 0.25) is 0 Å². The van der Waals surface area contributed by atoms with Crippen LogP contribution in [0.25, 0.3) is 0 Å². The molecule has 7 nitrogen and oxygen atoms in total. The van der Waals surface area contributed by atoms with E-state index in [0.717, 1.165) is 18.4 Å². The van der Waals surface area contributed by atoms with Crippen LogP contribution in [0.5, 0.6) is 0 Å². The van der Waals surface area contributed by atoms with Gasteiger partial charge in [-0.25, -0.2) is 4.39 Å². The molecule has 0 spiro atoms. The highest BCUT2D eigenvalue weighted by Crippen LogP contribution is 2.43. The number of ether oxygens (including phenoxy) is 1. The van der Waals surface area contributed by atoms with E-state index < -0.39 is 34.6 Å². The third-order valence-electron chi connectivity index (χ3n) is 5.75.